The maximum atomic E-state index is 12.1. The topological polar surface area (TPSA) is 84.3 Å². The second kappa shape index (κ2) is 13.0. The zero-order chi connectivity index (χ0) is 30.0. The summed E-state index contributed by atoms with van der Waals surface area (Å²) < 4.78 is 0. The number of rotatable bonds is 2. The molecule has 2 aromatic carbocycles. The molecule has 1 heterocycles. The van der Waals surface area contributed by atoms with Gasteiger partial charge in [0.15, 0.2) is 5.82 Å². The van der Waals surface area contributed by atoms with Crippen LogP contribution in [0.3, 0.4) is 0 Å². The van der Waals surface area contributed by atoms with Crippen LogP contribution in [0, 0.1) is 0 Å². The van der Waals surface area contributed by atoms with Crippen molar-refractivity contribution in [2.75, 3.05) is 0 Å². The standard InChI is InChI=1S/C19H25N3.C14H21ClO2.Ni/c1-18(2,3)14-8-9-15(19(4,5)6)16(12-14)22-13-17-20-10-7-11-21-17;1-13(2,3)8-7-9(15)10(14(4,5)6)12(17)11(8)16;/h7-13H,1-6H3;7,16-17H,1-6H3;/q;;+2/p-2. The van der Waals surface area contributed by atoms with Gasteiger partial charge in [-0.3, -0.25) is 4.99 Å². The van der Waals surface area contributed by atoms with E-state index in [4.69, 9.17) is 11.6 Å². The molecule has 0 unspecified atom stereocenters. The Balaban J connectivity index is 0.000000403. The summed E-state index contributed by atoms with van der Waals surface area (Å²) in [4.78, 5) is 13.1. The van der Waals surface area contributed by atoms with Crippen molar-refractivity contribution in [3.05, 3.63) is 75.8 Å². The summed E-state index contributed by atoms with van der Waals surface area (Å²) in [6.07, 6.45) is 5.19. The van der Waals surface area contributed by atoms with Crippen LogP contribution in [0.5, 0.6) is 11.5 Å². The number of halogens is 1. The number of nitrogens with zero attached hydrogens (tertiary/aromatic N) is 3. The molecule has 3 aromatic rings. The van der Waals surface area contributed by atoms with E-state index in [-0.39, 0.29) is 32.7 Å². The predicted octanol–water partition coefficient (Wildman–Crippen LogP) is 7.90. The molecule has 0 fully saturated rings. The summed E-state index contributed by atoms with van der Waals surface area (Å²) in [5, 5.41) is 24.6. The number of benzene rings is 2. The maximum Gasteiger partial charge on any atom is 2.00 e. The van der Waals surface area contributed by atoms with Crippen molar-refractivity contribution in [2.45, 2.75) is 105 Å². The Bertz CT molecular complexity index is 1310. The van der Waals surface area contributed by atoms with Gasteiger partial charge in [0.05, 0.1) is 11.9 Å². The molecule has 7 heteroatoms. The molecule has 0 aliphatic rings. The van der Waals surface area contributed by atoms with E-state index in [2.05, 4.69) is 74.7 Å². The molecule has 220 valence electrons. The molecule has 0 saturated carbocycles. The van der Waals surface area contributed by atoms with Crippen LogP contribution in [-0.2, 0) is 38.2 Å². The van der Waals surface area contributed by atoms with Gasteiger partial charge >= 0.3 is 16.5 Å². The largest absolute Gasteiger partial charge is 2.00 e. The average Bonchev–Trinajstić information content (AvgIpc) is 2.78. The van der Waals surface area contributed by atoms with Crippen LogP contribution < -0.4 is 10.2 Å². The summed E-state index contributed by atoms with van der Waals surface area (Å²) in [6, 6.07) is 10.0. The first-order valence-electron chi connectivity index (χ1n) is 13.3. The predicted molar refractivity (Wildman–Crippen MR) is 161 cm³/mol. The quantitative estimate of drug-likeness (QED) is 0.219. The molecule has 0 radical (unpaired) electrons. The van der Waals surface area contributed by atoms with Gasteiger partial charge in [0.1, 0.15) is 0 Å². The van der Waals surface area contributed by atoms with Gasteiger partial charge in [-0.1, -0.05) is 107 Å². The van der Waals surface area contributed by atoms with Crippen molar-refractivity contribution in [3.8, 4) is 11.5 Å². The van der Waals surface area contributed by atoms with Crippen LogP contribution in [0.2, 0.25) is 5.02 Å². The van der Waals surface area contributed by atoms with Crippen molar-refractivity contribution in [3.63, 3.8) is 0 Å². The van der Waals surface area contributed by atoms with Crippen LogP contribution in [0.25, 0.3) is 0 Å². The van der Waals surface area contributed by atoms with Gasteiger partial charge in [-0.05, 0) is 62.1 Å². The third-order valence-electron chi connectivity index (χ3n) is 6.32. The molecule has 0 saturated heterocycles. The first kappa shape index (κ1) is 35.6. The van der Waals surface area contributed by atoms with E-state index in [1.54, 1.807) is 30.7 Å². The van der Waals surface area contributed by atoms with Crippen LogP contribution in [0.4, 0.5) is 5.69 Å². The summed E-state index contributed by atoms with van der Waals surface area (Å²) >= 11 is 6.16. The smallest absolute Gasteiger partial charge is 0.873 e. The Labute approximate surface area is 256 Å². The fourth-order valence-corrected chi connectivity index (χ4v) is 4.59. The molecule has 0 spiro atoms. The van der Waals surface area contributed by atoms with Gasteiger partial charge in [-0.25, -0.2) is 9.97 Å². The minimum atomic E-state index is -0.463. The molecule has 1 aromatic heterocycles. The molecule has 5 nitrogen and oxygen atoms in total. The van der Waals surface area contributed by atoms with E-state index in [0.29, 0.717) is 22.0 Å². The van der Waals surface area contributed by atoms with Crippen LogP contribution in [0.1, 0.15) is 111 Å². The van der Waals surface area contributed by atoms with Crippen molar-refractivity contribution in [1.82, 2.24) is 9.97 Å². The molecule has 40 heavy (non-hydrogen) atoms. The number of aromatic nitrogens is 2. The fraction of sp³-hybridized carbons (Fsp3) is 0.485. The van der Waals surface area contributed by atoms with Crippen molar-refractivity contribution in [2.24, 2.45) is 4.99 Å². The Hall–Kier alpha value is -2.43. The van der Waals surface area contributed by atoms with Crippen molar-refractivity contribution < 1.29 is 26.7 Å². The average molecular weight is 609 g/mol. The van der Waals surface area contributed by atoms with E-state index in [0.717, 1.165) is 5.69 Å². The van der Waals surface area contributed by atoms with Gasteiger partial charge in [0.25, 0.3) is 0 Å². The molecule has 0 atom stereocenters. The molecule has 0 aliphatic carbocycles. The molecule has 0 bridgehead atoms. The summed E-state index contributed by atoms with van der Waals surface area (Å²) in [5.74, 6) is -0.259. The summed E-state index contributed by atoms with van der Waals surface area (Å²) in [6.45, 7) is 24.6. The number of aliphatic imine (C=N–C) groups is 1. The van der Waals surface area contributed by atoms with E-state index in [1.165, 1.54) is 11.1 Å². The number of hydrogen-bond donors (Lipinski definition) is 0. The minimum Gasteiger partial charge on any atom is -0.873 e. The van der Waals surface area contributed by atoms with Gasteiger partial charge < -0.3 is 10.2 Å². The molecule has 0 amide bonds. The van der Waals surface area contributed by atoms with Crippen LogP contribution in [0.15, 0.2) is 47.7 Å². The van der Waals surface area contributed by atoms with Crippen LogP contribution in [-0.4, -0.2) is 16.2 Å². The van der Waals surface area contributed by atoms with E-state index >= 15 is 0 Å². The third kappa shape index (κ3) is 9.31. The van der Waals surface area contributed by atoms with Gasteiger partial charge in [0, 0.05) is 17.4 Å². The van der Waals surface area contributed by atoms with E-state index in [9.17, 15) is 10.2 Å². The maximum absolute atomic E-state index is 12.1. The molecule has 3 rings (SSSR count). The summed E-state index contributed by atoms with van der Waals surface area (Å²) in [7, 11) is 0. The molecular weight excluding hydrogens is 565 g/mol. The van der Waals surface area contributed by atoms with Gasteiger partial charge in [-0.2, -0.15) is 0 Å². The second-order valence-corrected chi connectivity index (χ2v) is 14.4. The van der Waals surface area contributed by atoms with Gasteiger partial charge in [-0.15, -0.1) is 11.5 Å². The van der Waals surface area contributed by atoms with E-state index in [1.807, 2.05) is 41.5 Å². The second-order valence-electron chi connectivity index (χ2n) is 14.0. The Kier molecular flexibility index (Phi) is 11.6. The normalized spacial score (nSPS) is 12.5. The number of hydrogen-bond acceptors (Lipinski definition) is 5. The third-order valence-corrected chi connectivity index (χ3v) is 6.62. The summed E-state index contributed by atoms with van der Waals surface area (Å²) in [5.41, 5.74) is 3.77. The van der Waals surface area contributed by atoms with E-state index < -0.39 is 16.9 Å². The first-order chi connectivity index (χ1) is 17.6. The Morgan fingerprint density at radius 3 is 1.68 bits per heavy atom. The Morgan fingerprint density at radius 1 is 0.700 bits per heavy atom. The van der Waals surface area contributed by atoms with Gasteiger partial charge in [0.2, 0.25) is 0 Å². The minimum absolute atomic E-state index is 0. The van der Waals surface area contributed by atoms with Crippen molar-refractivity contribution in [1.29, 1.82) is 0 Å². The Morgan fingerprint density at radius 2 is 1.23 bits per heavy atom. The SMILES string of the molecule is CC(C)(C)c1cc(Cl)c(C(C)(C)C)c([O-])c1[O-].CC(C)(C)c1ccc(C(C)(C)C)c(N=Cc2ncccn2)c1.[Ni+2]. The fourth-order valence-electron chi connectivity index (χ4n) is 4.11. The van der Waals surface area contributed by atoms with Crippen molar-refractivity contribution >= 4 is 23.5 Å². The molecular formula is C33H44ClN3NiO2. The molecule has 0 N–H and O–H groups in total. The molecule has 0 aliphatic heterocycles. The zero-order valence-electron chi connectivity index (χ0n) is 26.0. The monoisotopic (exact) mass is 607 g/mol. The van der Waals surface area contributed by atoms with Crippen LogP contribution >= 0.6 is 11.6 Å². The zero-order valence-corrected chi connectivity index (χ0v) is 27.7. The first-order valence-corrected chi connectivity index (χ1v) is 13.7.